The van der Waals surface area contributed by atoms with E-state index in [1.165, 1.54) is 0 Å². The van der Waals surface area contributed by atoms with Crippen molar-refractivity contribution in [1.29, 1.82) is 0 Å². The first-order chi connectivity index (χ1) is 16.5. The lowest BCUT2D eigenvalue weighted by molar-refractivity contribution is -0.138. The first-order valence-electron chi connectivity index (χ1n) is 11.2. The van der Waals surface area contributed by atoms with Crippen LogP contribution in [0, 0.1) is 11.8 Å². The van der Waals surface area contributed by atoms with Crippen molar-refractivity contribution in [3.63, 3.8) is 0 Å². The maximum Gasteiger partial charge on any atom is 0.411 e. The Morgan fingerprint density at radius 3 is 2.24 bits per heavy atom. The van der Waals surface area contributed by atoms with Crippen LogP contribution < -0.4 is 10.6 Å². The standard InChI is InChI=1S/C27H24N2O5/c30-25(28-14-17-13-23(17)26(31)32)16-6-5-7-18(12-16)29-27(33)34-15-24-21-10-3-1-8-19(21)20-9-2-4-11-22(20)24/h1-12,17,23-24H,13-15H2,(H,28,30)(H,29,33)(H,31,32). The lowest BCUT2D eigenvalue weighted by Crippen LogP contribution is -2.26. The van der Waals surface area contributed by atoms with Crippen LogP contribution in [0.1, 0.15) is 33.8 Å². The molecule has 3 aromatic carbocycles. The van der Waals surface area contributed by atoms with Gasteiger partial charge in [-0.15, -0.1) is 0 Å². The van der Waals surface area contributed by atoms with Gasteiger partial charge >= 0.3 is 12.1 Å². The number of carbonyl (C=O) groups is 3. The van der Waals surface area contributed by atoms with Gasteiger partial charge in [-0.2, -0.15) is 0 Å². The Morgan fingerprint density at radius 1 is 0.912 bits per heavy atom. The molecule has 5 rings (SSSR count). The largest absolute Gasteiger partial charge is 0.481 e. The van der Waals surface area contributed by atoms with Gasteiger partial charge in [-0.3, -0.25) is 14.9 Å². The Labute approximate surface area is 196 Å². The Hall–Kier alpha value is -4.13. The Balaban J connectivity index is 1.18. The van der Waals surface area contributed by atoms with Gasteiger partial charge in [-0.25, -0.2) is 4.79 Å². The Morgan fingerprint density at radius 2 is 1.59 bits per heavy atom. The number of carbonyl (C=O) groups excluding carboxylic acids is 2. The van der Waals surface area contributed by atoms with Crippen LogP contribution in [0.15, 0.2) is 72.8 Å². The van der Waals surface area contributed by atoms with Gasteiger partial charge in [0.05, 0.1) is 5.92 Å². The van der Waals surface area contributed by atoms with Crippen LogP contribution >= 0.6 is 0 Å². The number of hydrogen-bond donors (Lipinski definition) is 3. The molecule has 0 radical (unpaired) electrons. The van der Waals surface area contributed by atoms with Gasteiger partial charge in [-0.05, 0) is 52.8 Å². The van der Waals surface area contributed by atoms with Crippen LogP contribution in [0.4, 0.5) is 10.5 Å². The molecule has 7 heteroatoms. The van der Waals surface area contributed by atoms with E-state index in [9.17, 15) is 14.4 Å². The summed E-state index contributed by atoms with van der Waals surface area (Å²) in [7, 11) is 0. The SMILES string of the molecule is O=C(Nc1cccc(C(=O)NCC2CC2C(=O)O)c1)OCC1c2ccccc2-c2ccccc21. The number of amides is 2. The summed E-state index contributed by atoms with van der Waals surface area (Å²) in [6, 6.07) is 22.8. The fraction of sp³-hybridized carbons (Fsp3) is 0.222. The number of hydrogen-bond acceptors (Lipinski definition) is 4. The first kappa shape index (κ1) is 21.7. The smallest absolute Gasteiger partial charge is 0.411 e. The molecule has 34 heavy (non-hydrogen) atoms. The van der Waals surface area contributed by atoms with Gasteiger partial charge in [0, 0.05) is 23.7 Å². The summed E-state index contributed by atoms with van der Waals surface area (Å²) >= 11 is 0. The maximum absolute atomic E-state index is 12.5. The van der Waals surface area contributed by atoms with Crippen molar-refractivity contribution in [1.82, 2.24) is 5.32 Å². The Kier molecular flexibility index (Phi) is 5.76. The molecule has 172 valence electrons. The van der Waals surface area contributed by atoms with E-state index in [1.54, 1.807) is 24.3 Å². The van der Waals surface area contributed by atoms with Crippen molar-refractivity contribution in [2.45, 2.75) is 12.3 Å². The highest BCUT2D eigenvalue weighted by Gasteiger charge is 2.43. The third-order valence-corrected chi connectivity index (χ3v) is 6.48. The minimum Gasteiger partial charge on any atom is -0.481 e. The average Bonchev–Trinajstić information content (AvgIpc) is 3.57. The van der Waals surface area contributed by atoms with Crippen molar-refractivity contribution in [2.75, 3.05) is 18.5 Å². The number of carboxylic acids is 1. The van der Waals surface area contributed by atoms with E-state index in [-0.39, 0.29) is 30.3 Å². The first-order valence-corrected chi connectivity index (χ1v) is 11.2. The second-order valence-electron chi connectivity index (χ2n) is 8.68. The van der Waals surface area contributed by atoms with Crippen molar-refractivity contribution in [3.8, 4) is 11.1 Å². The fourth-order valence-electron chi connectivity index (χ4n) is 4.59. The monoisotopic (exact) mass is 456 g/mol. The molecule has 7 nitrogen and oxygen atoms in total. The molecule has 0 bridgehead atoms. The average molecular weight is 456 g/mol. The molecule has 1 fully saturated rings. The minimum absolute atomic E-state index is 0.0245. The summed E-state index contributed by atoms with van der Waals surface area (Å²) in [5, 5.41) is 14.4. The van der Waals surface area contributed by atoms with E-state index < -0.39 is 12.1 Å². The molecular weight excluding hydrogens is 432 g/mol. The summed E-state index contributed by atoms with van der Waals surface area (Å²) in [6.45, 7) is 0.520. The quantitative estimate of drug-likeness (QED) is 0.486. The van der Waals surface area contributed by atoms with E-state index in [0.717, 1.165) is 22.3 Å². The number of rotatable bonds is 7. The second-order valence-corrected chi connectivity index (χ2v) is 8.68. The van der Waals surface area contributed by atoms with Crippen molar-refractivity contribution in [2.24, 2.45) is 11.8 Å². The third-order valence-electron chi connectivity index (χ3n) is 6.48. The van der Waals surface area contributed by atoms with E-state index in [0.29, 0.717) is 24.2 Å². The molecule has 2 atom stereocenters. The Bertz CT molecular complexity index is 1230. The minimum atomic E-state index is -0.825. The predicted octanol–water partition coefficient (Wildman–Crippen LogP) is 4.50. The van der Waals surface area contributed by atoms with Crippen molar-refractivity contribution < 1.29 is 24.2 Å². The van der Waals surface area contributed by atoms with Crippen molar-refractivity contribution in [3.05, 3.63) is 89.5 Å². The normalized spacial score (nSPS) is 17.9. The maximum atomic E-state index is 12.5. The summed E-state index contributed by atoms with van der Waals surface area (Å²) in [4.78, 5) is 35.9. The lowest BCUT2D eigenvalue weighted by atomic mass is 9.98. The molecule has 2 aliphatic rings. The van der Waals surface area contributed by atoms with Crippen LogP contribution in [0.25, 0.3) is 11.1 Å². The van der Waals surface area contributed by atoms with Gasteiger partial charge in [0.1, 0.15) is 6.61 Å². The number of aliphatic carboxylic acids is 1. The van der Waals surface area contributed by atoms with Crippen LogP contribution in [0.3, 0.4) is 0 Å². The summed E-state index contributed by atoms with van der Waals surface area (Å²) in [5.74, 6) is -1.57. The number of carboxylic acid groups (broad SMARTS) is 1. The van der Waals surface area contributed by atoms with Gasteiger partial charge in [0.15, 0.2) is 0 Å². The number of fused-ring (bicyclic) bond motifs is 3. The number of benzene rings is 3. The topological polar surface area (TPSA) is 105 Å². The zero-order valence-electron chi connectivity index (χ0n) is 18.4. The summed E-state index contributed by atoms with van der Waals surface area (Å²) < 4.78 is 5.56. The van der Waals surface area contributed by atoms with Gasteiger partial charge in [-0.1, -0.05) is 54.6 Å². The second kappa shape index (κ2) is 9.02. The number of ether oxygens (including phenoxy) is 1. The van der Waals surface area contributed by atoms with E-state index in [4.69, 9.17) is 9.84 Å². The number of nitrogens with one attached hydrogen (secondary N) is 2. The molecule has 0 heterocycles. The van der Waals surface area contributed by atoms with E-state index in [1.807, 2.05) is 24.3 Å². The number of anilines is 1. The summed E-state index contributed by atoms with van der Waals surface area (Å²) in [5.41, 5.74) is 5.41. The predicted molar refractivity (Wildman–Crippen MR) is 127 cm³/mol. The molecule has 3 aromatic rings. The van der Waals surface area contributed by atoms with E-state index in [2.05, 4.69) is 34.9 Å². The van der Waals surface area contributed by atoms with Gasteiger partial charge in [0.2, 0.25) is 0 Å². The molecule has 2 amide bonds. The molecule has 2 unspecified atom stereocenters. The molecule has 0 saturated heterocycles. The molecular formula is C27H24N2O5. The van der Waals surface area contributed by atoms with Gasteiger partial charge < -0.3 is 15.2 Å². The van der Waals surface area contributed by atoms with Gasteiger partial charge in [0.25, 0.3) is 5.91 Å². The highest BCUT2D eigenvalue weighted by atomic mass is 16.5. The molecule has 1 saturated carbocycles. The molecule has 0 spiro atoms. The fourth-order valence-corrected chi connectivity index (χ4v) is 4.59. The summed E-state index contributed by atoms with van der Waals surface area (Å²) in [6.07, 6.45) is -0.0133. The highest BCUT2D eigenvalue weighted by molar-refractivity contribution is 5.96. The van der Waals surface area contributed by atoms with Crippen LogP contribution in [0.5, 0.6) is 0 Å². The highest BCUT2D eigenvalue weighted by Crippen LogP contribution is 2.44. The van der Waals surface area contributed by atoms with Crippen molar-refractivity contribution >= 4 is 23.7 Å². The zero-order chi connectivity index (χ0) is 23.7. The molecule has 2 aliphatic carbocycles. The zero-order valence-corrected chi connectivity index (χ0v) is 18.4. The molecule has 0 aliphatic heterocycles. The van der Waals surface area contributed by atoms with Crippen LogP contribution in [-0.2, 0) is 9.53 Å². The van der Waals surface area contributed by atoms with E-state index >= 15 is 0 Å². The molecule has 3 N–H and O–H groups in total. The van der Waals surface area contributed by atoms with Crippen LogP contribution in [-0.4, -0.2) is 36.2 Å². The van der Waals surface area contributed by atoms with Crippen LogP contribution in [0.2, 0.25) is 0 Å². The lowest BCUT2D eigenvalue weighted by Gasteiger charge is -2.15. The molecule has 0 aromatic heterocycles. The third kappa shape index (κ3) is 4.37.